The van der Waals surface area contributed by atoms with Gasteiger partial charge < -0.3 is 10.5 Å². The molecule has 0 radical (unpaired) electrons. The first-order valence-electron chi connectivity index (χ1n) is 7.43. The third-order valence-electron chi connectivity index (χ3n) is 4.65. The molecule has 2 unspecified atom stereocenters. The molecule has 4 heteroatoms. The summed E-state index contributed by atoms with van der Waals surface area (Å²) in [6, 6.07) is 0.670. The molecule has 0 spiro atoms. The Kier molecular flexibility index (Phi) is 5.01. The van der Waals surface area contributed by atoms with Gasteiger partial charge in [0.2, 0.25) is 0 Å². The van der Waals surface area contributed by atoms with Gasteiger partial charge in [-0.05, 0) is 26.3 Å². The molecule has 0 saturated carbocycles. The summed E-state index contributed by atoms with van der Waals surface area (Å²) in [7, 11) is 0. The Labute approximate surface area is 111 Å². The molecule has 4 nitrogen and oxygen atoms in total. The summed E-state index contributed by atoms with van der Waals surface area (Å²) in [6.07, 6.45) is 2.40. The van der Waals surface area contributed by atoms with E-state index >= 15 is 0 Å². The van der Waals surface area contributed by atoms with Gasteiger partial charge in [-0.1, -0.05) is 6.92 Å². The van der Waals surface area contributed by atoms with Gasteiger partial charge in [0.05, 0.1) is 6.61 Å². The highest BCUT2D eigenvalue weighted by Crippen LogP contribution is 2.29. The van der Waals surface area contributed by atoms with Crippen molar-refractivity contribution in [2.75, 3.05) is 52.5 Å². The number of hydrogen-bond acceptors (Lipinski definition) is 4. The maximum Gasteiger partial charge on any atom is 0.0546 e. The largest absolute Gasteiger partial charge is 0.381 e. The molecule has 106 valence electrons. The second kappa shape index (κ2) is 6.33. The molecule has 0 aromatic carbocycles. The first kappa shape index (κ1) is 14.3. The molecule has 2 aliphatic rings. The second-order valence-electron chi connectivity index (χ2n) is 6.07. The molecule has 2 fully saturated rings. The zero-order chi connectivity index (χ0) is 13.0. The topological polar surface area (TPSA) is 41.7 Å². The van der Waals surface area contributed by atoms with E-state index in [-0.39, 0.29) is 5.41 Å². The van der Waals surface area contributed by atoms with E-state index in [1.54, 1.807) is 0 Å². The molecule has 0 aliphatic carbocycles. The highest BCUT2D eigenvalue weighted by Gasteiger charge is 2.35. The van der Waals surface area contributed by atoms with Gasteiger partial charge in [-0.25, -0.2) is 0 Å². The van der Waals surface area contributed by atoms with Crippen LogP contribution in [0, 0.1) is 5.41 Å². The maximum absolute atomic E-state index is 6.03. The van der Waals surface area contributed by atoms with E-state index in [4.69, 9.17) is 10.5 Å². The molecule has 2 aliphatic heterocycles. The third-order valence-corrected chi connectivity index (χ3v) is 4.65. The number of nitrogens with two attached hydrogens (primary N) is 1. The summed E-state index contributed by atoms with van der Waals surface area (Å²) in [5.41, 5.74) is 6.24. The average molecular weight is 255 g/mol. The predicted octanol–water partition coefficient (Wildman–Crippen LogP) is 0.768. The van der Waals surface area contributed by atoms with Crippen molar-refractivity contribution in [3.05, 3.63) is 0 Å². The van der Waals surface area contributed by atoms with Crippen molar-refractivity contribution in [3.63, 3.8) is 0 Å². The van der Waals surface area contributed by atoms with Crippen molar-refractivity contribution in [3.8, 4) is 0 Å². The van der Waals surface area contributed by atoms with Crippen LogP contribution in [0.2, 0.25) is 0 Å². The fraction of sp³-hybridized carbons (Fsp3) is 1.00. The van der Waals surface area contributed by atoms with Crippen LogP contribution in [0.3, 0.4) is 0 Å². The Balaban J connectivity index is 1.88. The Morgan fingerprint density at radius 2 is 2.22 bits per heavy atom. The van der Waals surface area contributed by atoms with E-state index < -0.39 is 0 Å². The zero-order valence-electron chi connectivity index (χ0n) is 12.0. The van der Waals surface area contributed by atoms with Crippen LogP contribution in [-0.4, -0.2) is 68.3 Å². The quantitative estimate of drug-likeness (QED) is 0.805. The van der Waals surface area contributed by atoms with E-state index in [1.807, 2.05) is 0 Å². The van der Waals surface area contributed by atoms with Gasteiger partial charge in [0.15, 0.2) is 0 Å². The molecule has 0 amide bonds. The minimum atomic E-state index is 0.215. The van der Waals surface area contributed by atoms with Crippen LogP contribution in [-0.2, 0) is 4.74 Å². The van der Waals surface area contributed by atoms with E-state index in [0.29, 0.717) is 6.04 Å². The van der Waals surface area contributed by atoms with Gasteiger partial charge in [0, 0.05) is 50.8 Å². The molecular weight excluding hydrogens is 226 g/mol. The lowest BCUT2D eigenvalue weighted by Crippen LogP contribution is -2.56. The van der Waals surface area contributed by atoms with Crippen molar-refractivity contribution in [2.24, 2.45) is 11.1 Å². The van der Waals surface area contributed by atoms with Crippen LogP contribution >= 0.6 is 0 Å². The van der Waals surface area contributed by atoms with Crippen molar-refractivity contribution in [1.29, 1.82) is 0 Å². The van der Waals surface area contributed by atoms with Gasteiger partial charge in [0.1, 0.15) is 0 Å². The lowest BCUT2D eigenvalue weighted by molar-refractivity contribution is -0.0337. The maximum atomic E-state index is 6.03. The molecule has 0 bridgehead atoms. The summed E-state index contributed by atoms with van der Waals surface area (Å²) in [4.78, 5) is 5.15. The molecule has 2 N–H and O–H groups in total. The summed E-state index contributed by atoms with van der Waals surface area (Å²) >= 11 is 0. The fourth-order valence-corrected chi connectivity index (χ4v) is 3.42. The van der Waals surface area contributed by atoms with Crippen LogP contribution < -0.4 is 5.73 Å². The van der Waals surface area contributed by atoms with E-state index in [9.17, 15) is 0 Å². The van der Waals surface area contributed by atoms with Crippen molar-refractivity contribution in [2.45, 2.75) is 32.7 Å². The molecule has 0 aromatic heterocycles. The minimum Gasteiger partial charge on any atom is -0.381 e. The highest BCUT2D eigenvalue weighted by molar-refractivity contribution is 4.89. The molecule has 2 atom stereocenters. The summed E-state index contributed by atoms with van der Waals surface area (Å²) in [5.74, 6) is 0. The van der Waals surface area contributed by atoms with E-state index in [2.05, 4.69) is 23.6 Å². The summed E-state index contributed by atoms with van der Waals surface area (Å²) < 4.78 is 5.67. The Hall–Kier alpha value is -0.160. The van der Waals surface area contributed by atoms with Gasteiger partial charge in [-0.2, -0.15) is 0 Å². The lowest BCUT2D eigenvalue weighted by Gasteiger charge is -2.45. The van der Waals surface area contributed by atoms with Crippen LogP contribution in [0.1, 0.15) is 26.7 Å². The zero-order valence-corrected chi connectivity index (χ0v) is 12.0. The van der Waals surface area contributed by atoms with Crippen molar-refractivity contribution < 1.29 is 4.74 Å². The van der Waals surface area contributed by atoms with Crippen molar-refractivity contribution in [1.82, 2.24) is 9.80 Å². The number of hydrogen-bond donors (Lipinski definition) is 1. The SMILES string of the molecule is CCN1CCN(CC2(CN)CCCOC2)CC1C. The van der Waals surface area contributed by atoms with Crippen LogP contribution in [0.15, 0.2) is 0 Å². The molecule has 18 heavy (non-hydrogen) atoms. The smallest absolute Gasteiger partial charge is 0.0546 e. The van der Waals surface area contributed by atoms with Crippen LogP contribution in [0.5, 0.6) is 0 Å². The monoisotopic (exact) mass is 255 g/mol. The summed E-state index contributed by atoms with van der Waals surface area (Å²) in [6.45, 7) is 13.0. The van der Waals surface area contributed by atoms with Gasteiger partial charge in [0.25, 0.3) is 0 Å². The molecule has 2 saturated heterocycles. The standard InChI is InChI=1S/C14H29N3O/c1-3-17-7-6-16(9-13(17)2)11-14(10-15)5-4-8-18-12-14/h13H,3-12,15H2,1-2H3. The number of rotatable bonds is 4. The molecule has 0 aromatic rings. The highest BCUT2D eigenvalue weighted by atomic mass is 16.5. The van der Waals surface area contributed by atoms with E-state index in [1.165, 1.54) is 39.0 Å². The number of ether oxygens (including phenoxy) is 1. The molecule has 2 heterocycles. The predicted molar refractivity (Wildman–Crippen MR) is 74.7 cm³/mol. The van der Waals surface area contributed by atoms with Gasteiger partial charge in [-0.3, -0.25) is 9.80 Å². The van der Waals surface area contributed by atoms with Crippen LogP contribution in [0.25, 0.3) is 0 Å². The molecule has 2 rings (SSSR count). The second-order valence-corrected chi connectivity index (χ2v) is 6.07. The first-order valence-corrected chi connectivity index (χ1v) is 7.43. The fourth-order valence-electron chi connectivity index (χ4n) is 3.42. The van der Waals surface area contributed by atoms with Gasteiger partial charge in [-0.15, -0.1) is 0 Å². The average Bonchev–Trinajstić information content (AvgIpc) is 2.40. The number of likely N-dealkylation sites (N-methyl/N-ethyl adjacent to an activating group) is 1. The Morgan fingerprint density at radius 1 is 1.39 bits per heavy atom. The Bertz CT molecular complexity index is 253. The first-order chi connectivity index (χ1) is 8.69. The van der Waals surface area contributed by atoms with Gasteiger partial charge >= 0.3 is 0 Å². The number of piperazine rings is 1. The normalized spacial score (nSPS) is 35.8. The van der Waals surface area contributed by atoms with Crippen molar-refractivity contribution >= 4 is 0 Å². The third kappa shape index (κ3) is 3.23. The van der Waals surface area contributed by atoms with Crippen LogP contribution in [0.4, 0.5) is 0 Å². The van der Waals surface area contributed by atoms with E-state index in [0.717, 1.165) is 26.3 Å². The minimum absolute atomic E-state index is 0.215. The summed E-state index contributed by atoms with van der Waals surface area (Å²) in [5, 5.41) is 0. The lowest BCUT2D eigenvalue weighted by atomic mass is 9.81. The Morgan fingerprint density at radius 3 is 2.78 bits per heavy atom. The number of nitrogens with zero attached hydrogens (tertiary/aromatic N) is 2. The molecular formula is C14H29N3O.